The van der Waals surface area contributed by atoms with E-state index in [0.29, 0.717) is 11.7 Å². The van der Waals surface area contributed by atoms with Crippen LogP contribution in [0.5, 0.6) is 0 Å². The van der Waals surface area contributed by atoms with Crippen molar-refractivity contribution in [2.75, 3.05) is 0 Å². The first-order chi connectivity index (χ1) is 7.74. The minimum absolute atomic E-state index is 0.475. The highest BCUT2D eigenvalue weighted by molar-refractivity contribution is 6.34. The van der Waals surface area contributed by atoms with Gasteiger partial charge in [0, 0.05) is 6.20 Å². The fraction of sp³-hybridized carbons (Fsp3) is 0.333. The van der Waals surface area contributed by atoms with E-state index in [9.17, 15) is 0 Å². The predicted molar refractivity (Wildman–Crippen MR) is 67.5 cm³/mol. The van der Waals surface area contributed by atoms with Crippen molar-refractivity contribution in [1.82, 2.24) is 14.5 Å². The summed E-state index contributed by atoms with van der Waals surface area (Å²) in [6.07, 6.45) is 8.63. The molecule has 2 heterocycles. The molecule has 0 N–H and O–H groups in total. The van der Waals surface area contributed by atoms with E-state index in [1.54, 1.807) is 0 Å². The highest BCUT2D eigenvalue weighted by Gasteiger charge is 2.09. The summed E-state index contributed by atoms with van der Waals surface area (Å²) < 4.78 is 1.89. The molecule has 0 fully saturated rings. The third kappa shape index (κ3) is 2.17. The average Bonchev–Trinajstić information content (AvgIpc) is 2.61. The Balaban J connectivity index is 0.000000606. The van der Waals surface area contributed by atoms with Crippen LogP contribution in [0.1, 0.15) is 19.4 Å². The number of terminal acetylenes is 1. The lowest BCUT2D eigenvalue weighted by atomic mass is 10.3. The molecule has 3 nitrogen and oxygen atoms in total. The smallest absolute Gasteiger partial charge is 0.145 e. The molecule has 0 aromatic carbocycles. The van der Waals surface area contributed by atoms with Gasteiger partial charge in [-0.05, 0) is 12.5 Å². The van der Waals surface area contributed by atoms with Gasteiger partial charge in [0.2, 0.25) is 0 Å². The third-order valence-electron chi connectivity index (χ3n) is 2.06. The molecule has 0 unspecified atom stereocenters. The van der Waals surface area contributed by atoms with E-state index in [4.69, 9.17) is 18.0 Å². The number of hydrogen-bond acceptors (Lipinski definition) is 2. The van der Waals surface area contributed by atoms with Crippen molar-refractivity contribution >= 4 is 22.6 Å². The van der Waals surface area contributed by atoms with Gasteiger partial charge < -0.3 is 4.57 Å². The molecular formula is C12H14ClN3. The first-order valence-corrected chi connectivity index (χ1v) is 5.51. The summed E-state index contributed by atoms with van der Waals surface area (Å²) in [6.45, 7) is 6.46. The van der Waals surface area contributed by atoms with Crippen LogP contribution < -0.4 is 0 Å². The molecule has 0 aliphatic carbocycles. The van der Waals surface area contributed by atoms with Gasteiger partial charge in [-0.15, -0.1) is 6.42 Å². The Bertz CT molecular complexity index is 523. The van der Waals surface area contributed by atoms with Gasteiger partial charge in [0.05, 0.1) is 11.9 Å². The summed E-state index contributed by atoms with van der Waals surface area (Å²) >= 11 is 5.96. The number of rotatable bonds is 1. The van der Waals surface area contributed by atoms with E-state index in [-0.39, 0.29) is 0 Å². The maximum Gasteiger partial charge on any atom is 0.145 e. The highest BCUT2D eigenvalue weighted by Crippen LogP contribution is 2.24. The summed E-state index contributed by atoms with van der Waals surface area (Å²) in [6, 6.07) is 0. The van der Waals surface area contributed by atoms with Crippen molar-refractivity contribution < 1.29 is 0 Å². The first-order valence-electron chi connectivity index (χ1n) is 5.13. The highest BCUT2D eigenvalue weighted by atomic mass is 35.5. The number of halogens is 1. The number of aromatic nitrogens is 3. The zero-order chi connectivity index (χ0) is 12.1. The Morgan fingerprint density at radius 1 is 1.44 bits per heavy atom. The van der Waals surface area contributed by atoms with Crippen molar-refractivity contribution in [2.45, 2.75) is 27.3 Å². The molecule has 2 aromatic rings. The van der Waals surface area contributed by atoms with Crippen molar-refractivity contribution in [3.8, 4) is 12.3 Å². The van der Waals surface area contributed by atoms with E-state index < -0.39 is 0 Å². The van der Waals surface area contributed by atoms with Crippen molar-refractivity contribution in [1.29, 1.82) is 0 Å². The Hall–Kier alpha value is -1.53. The van der Waals surface area contributed by atoms with Crippen LogP contribution in [0.25, 0.3) is 11.0 Å². The van der Waals surface area contributed by atoms with Crippen molar-refractivity contribution in [2.24, 2.45) is 0 Å². The van der Waals surface area contributed by atoms with Crippen LogP contribution in [0, 0.1) is 19.3 Å². The van der Waals surface area contributed by atoms with Crippen LogP contribution in [-0.4, -0.2) is 14.5 Å². The molecule has 2 rings (SSSR count). The minimum Gasteiger partial charge on any atom is -0.320 e. The molecule has 0 saturated heterocycles. The lowest BCUT2D eigenvalue weighted by Crippen LogP contribution is -1.94. The van der Waals surface area contributed by atoms with Crippen LogP contribution in [-0.2, 0) is 6.54 Å². The molecule has 0 amide bonds. The normalized spacial score (nSPS) is 9.44. The molecular weight excluding hydrogens is 222 g/mol. The number of fused-ring (bicyclic) bond motifs is 1. The van der Waals surface area contributed by atoms with E-state index in [1.807, 2.05) is 31.5 Å². The van der Waals surface area contributed by atoms with Gasteiger partial charge in [0.25, 0.3) is 0 Å². The fourth-order valence-corrected chi connectivity index (χ4v) is 1.77. The number of hydrogen-bond donors (Lipinski definition) is 0. The lowest BCUT2D eigenvalue weighted by Gasteiger charge is -1.97. The SMILES string of the molecule is C#CCn1cc(C)c2c(Cl)ncnc21.CC. The molecule has 16 heavy (non-hydrogen) atoms. The second-order valence-electron chi connectivity index (χ2n) is 3.01. The summed E-state index contributed by atoms with van der Waals surface area (Å²) in [5.74, 6) is 2.57. The van der Waals surface area contributed by atoms with Gasteiger partial charge in [-0.1, -0.05) is 31.4 Å². The topological polar surface area (TPSA) is 30.7 Å². The summed E-state index contributed by atoms with van der Waals surface area (Å²) in [5.41, 5.74) is 1.83. The van der Waals surface area contributed by atoms with Crippen molar-refractivity contribution in [3.63, 3.8) is 0 Å². The van der Waals surface area contributed by atoms with Gasteiger partial charge in [-0.3, -0.25) is 0 Å². The van der Waals surface area contributed by atoms with Gasteiger partial charge in [0.1, 0.15) is 17.1 Å². The maximum atomic E-state index is 5.96. The molecule has 0 atom stereocenters. The molecule has 2 aromatic heterocycles. The number of nitrogens with zero attached hydrogens (tertiary/aromatic N) is 3. The molecule has 4 heteroatoms. The fourth-order valence-electron chi connectivity index (χ4n) is 1.49. The first kappa shape index (κ1) is 12.5. The Kier molecular flexibility index (Phi) is 4.33. The molecule has 0 spiro atoms. The van der Waals surface area contributed by atoms with E-state index in [0.717, 1.165) is 16.6 Å². The molecule has 0 aliphatic heterocycles. The predicted octanol–water partition coefficient (Wildman–Crippen LogP) is 3.05. The van der Waals surface area contributed by atoms with E-state index >= 15 is 0 Å². The number of aryl methyl sites for hydroxylation is 1. The van der Waals surface area contributed by atoms with Crippen LogP contribution >= 0.6 is 11.6 Å². The summed E-state index contributed by atoms with van der Waals surface area (Å²) in [7, 11) is 0. The standard InChI is InChI=1S/C10H8ClN3.C2H6/c1-3-4-14-5-7(2)8-9(11)12-6-13-10(8)14;1-2/h1,5-6H,4H2,2H3;1-2H3. The zero-order valence-electron chi connectivity index (χ0n) is 9.66. The zero-order valence-corrected chi connectivity index (χ0v) is 10.4. The van der Waals surface area contributed by atoms with E-state index in [2.05, 4.69) is 15.9 Å². The van der Waals surface area contributed by atoms with Crippen molar-refractivity contribution in [3.05, 3.63) is 23.2 Å². The largest absolute Gasteiger partial charge is 0.320 e. The molecule has 0 saturated carbocycles. The minimum atomic E-state index is 0.475. The Labute approximate surface area is 100 Å². The van der Waals surface area contributed by atoms with Crippen LogP contribution in [0.2, 0.25) is 5.15 Å². The monoisotopic (exact) mass is 235 g/mol. The third-order valence-corrected chi connectivity index (χ3v) is 2.35. The van der Waals surface area contributed by atoms with Crippen LogP contribution in [0.4, 0.5) is 0 Å². The lowest BCUT2D eigenvalue weighted by molar-refractivity contribution is 0.866. The second-order valence-corrected chi connectivity index (χ2v) is 3.37. The van der Waals surface area contributed by atoms with Gasteiger partial charge in [0.15, 0.2) is 0 Å². The average molecular weight is 236 g/mol. The quantitative estimate of drug-likeness (QED) is 0.562. The van der Waals surface area contributed by atoms with Gasteiger partial charge in [-0.2, -0.15) is 0 Å². The molecule has 0 bridgehead atoms. The summed E-state index contributed by atoms with van der Waals surface area (Å²) in [5, 5.41) is 1.35. The van der Waals surface area contributed by atoms with E-state index in [1.165, 1.54) is 6.33 Å². The maximum absolute atomic E-state index is 5.96. The van der Waals surface area contributed by atoms with Crippen LogP contribution in [0.15, 0.2) is 12.5 Å². The molecule has 0 aliphatic rings. The summed E-state index contributed by atoms with van der Waals surface area (Å²) in [4.78, 5) is 8.08. The Morgan fingerprint density at radius 3 is 2.75 bits per heavy atom. The molecule has 0 radical (unpaired) electrons. The van der Waals surface area contributed by atoms with Crippen LogP contribution in [0.3, 0.4) is 0 Å². The Morgan fingerprint density at radius 2 is 2.12 bits per heavy atom. The van der Waals surface area contributed by atoms with Gasteiger partial charge in [-0.25, -0.2) is 9.97 Å². The second kappa shape index (κ2) is 5.53. The van der Waals surface area contributed by atoms with Gasteiger partial charge >= 0.3 is 0 Å². The molecule has 84 valence electrons.